The lowest BCUT2D eigenvalue weighted by Gasteiger charge is -2.36. The highest BCUT2D eigenvalue weighted by atomic mass is 32.1. The lowest BCUT2D eigenvalue weighted by molar-refractivity contribution is -0.140. The average Bonchev–Trinajstić information content (AvgIpc) is 3.13. The second-order valence-electron chi connectivity index (χ2n) is 6.02. The Morgan fingerprint density at radius 3 is 3.04 bits per heavy atom. The molecule has 0 N–H and O–H groups in total. The van der Waals surface area contributed by atoms with Gasteiger partial charge < -0.3 is 9.64 Å². The van der Waals surface area contributed by atoms with E-state index in [0.29, 0.717) is 26.2 Å². The number of morpholine rings is 1. The molecule has 2 aromatic heterocycles. The third-order valence-corrected chi connectivity index (χ3v) is 5.35. The van der Waals surface area contributed by atoms with Crippen LogP contribution in [0.25, 0.3) is 0 Å². The molecular formula is C18H23N3O2S. The van der Waals surface area contributed by atoms with E-state index in [1.807, 2.05) is 17.9 Å². The van der Waals surface area contributed by atoms with Gasteiger partial charge in [0.1, 0.15) is 0 Å². The molecule has 6 heteroatoms. The van der Waals surface area contributed by atoms with E-state index >= 15 is 0 Å². The zero-order chi connectivity index (χ0) is 16.8. The minimum Gasteiger partial charge on any atom is -0.377 e. The molecule has 1 aliphatic heterocycles. The first-order chi connectivity index (χ1) is 11.7. The van der Waals surface area contributed by atoms with E-state index in [-0.39, 0.29) is 11.9 Å². The van der Waals surface area contributed by atoms with Crippen molar-refractivity contribution in [3.8, 4) is 0 Å². The molecule has 3 heterocycles. The topological polar surface area (TPSA) is 55.3 Å². The van der Waals surface area contributed by atoms with E-state index in [1.165, 1.54) is 4.88 Å². The Hall–Kier alpha value is -1.79. The minimum absolute atomic E-state index is 0.135. The maximum atomic E-state index is 12.6. The molecule has 0 aromatic carbocycles. The van der Waals surface area contributed by atoms with Gasteiger partial charge in [-0.05, 0) is 37.6 Å². The van der Waals surface area contributed by atoms with Crippen LogP contribution in [0.2, 0.25) is 0 Å². The number of nitrogens with zero attached hydrogens (tertiary/aromatic N) is 3. The molecule has 1 aliphatic rings. The molecule has 128 valence electrons. The molecule has 2 aromatic rings. The molecule has 0 aliphatic carbocycles. The van der Waals surface area contributed by atoms with E-state index in [9.17, 15) is 4.79 Å². The van der Waals surface area contributed by atoms with Gasteiger partial charge in [0, 0.05) is 30.2 Å². The summed E-state index contributed by atoms with van der Waals surface area (Å²) >= 11 is 1.71. The Labute approximate surface area is 146 Å². The molecule has 1 fully saturated rings. The summed E-state index contributed by atoms with van der Waals surface area (Å²) in [5.74, 6) is 0.229. The Morgan fingerprint density at radius 2 is 2.25 bits per heavy atom. The Bertz CT molecular complexity index is 660. The van der Waals surface area contributed by atoms with Crippen molar-refractivity contribution in [3.63, 3.8) is 0 Å². The standard InChI is InChI=1S/C18H23N3O2S/c1-14-17(20-9-8-19-14)6-4-15-13-23-11-10-21(15)18(22)7-5-16-3-2-12-24-16/h2-3,8-9,12,15H,4-7,10-11,13H2,1H3/t15-/m1/s1. The second-order valence-corrected chi connectivity index (χ2v) is 7.05. The molecule has 0 saturated carbocycles. The van der Waals surface area contributed by atoms with E-state index in [0.717, 1.165) is 30.7 Å². The fraction of sp³-hybridized carbons (Fsp3) is 0.500. The average molecular weight is 345 g/mol. The number of aromatic nitrogens is 2. The van der Waals surface area contributed by atoms with E-state index in [4.69, 9.17) is 4.74 Å². The van der Waals surface area contributed by atoms with Crippen LogP contribution in [0.15, 0.2) is 29.9 Å². The Kier molecular flexibility index (Phi) is 5.93. The van der Waals surface area contributed by atoms with Crippen molar-refractivity contribution in [2.24, 2.45) is 0 Å². The first kappa shape index (κ1) is 17.0. The number of carbonyl (C=O) groups excluding carboxylic acids is 1. The molecule has 1 saturated heterocycles. The number of aryl methyl sites for hydroxylation is 3. The maximum Gasteiger partial charge on any atom is 0.223 e. The smallest absolute Gasteiger partial charge is 0.223 e. The summed E-state index contributed by atoms with van der Waals surface area (Å²) in [6.07, 6.45) is 6.52. The van der Waals surface area contributed by atoms with E-state index in [1.54, 1.807) is 23.7 Å². The van der Waals surface area contributed by atoms with Crippen LogP contribution < -0.4 is 0 Å². The molecule has 0 spiro atoms. The van der Waals surface area contributed by atoms with Crippen LogP contribution >= 0.6 is 11.3 Å². The maximum absolute atomic E-state index is 12.6. The highest BCUT2D eigenvalue weighted by molar-refractivity contribution is 7.09. The zero-order valence-corrected chi connectivity index (χ0v) is 14.8. The summed E-state index contributed by atoms with van der Waals surface area (Å²) in [7, 11) is 0. The fourth-order valence-corrected chi connectivity index (χ4v) is 3.75. The lowest BCUT2D eigenvalue weighted by Crippen LogP contribution is -2.49. The highest BCUT2D eigenvalue weighted by Crippen LogP contribution is 2.17. The second kappa shape index (κ2) is 8.35. The van der Waals surface area contributed by atoms with Crippen LogP contribution in [0, 0.1) is 6.92 Å². The Balaban J connectivity index is 1.56. The van der Waals surface area contributed by atoms with Gasteiger partial charge in [-0.2, -0.15) is 0 Å². The zero-order valence-electron chi connectivity index (χ0n) is 14.0. The number of amides is 1. The first-order valence-electron chi connectivity index (χ1n) is 8.40. The van der Waals surface area contributed by atoms with Crippen LogP contribution in [0.5, 0.6) is 0 Å². The third kappa shape index (κ3) is 4.39. The van der Waals surface area contributed by atoms with Crippen LogP contribution in [-0.2, 0) is 22.4 Å². The molecule has 1 atom stereocenters. The highest BCUT2D eigenvalue weighted by Gasteiger charge is 2.27. The van der Waals surface area contributed by atoms with Crippen molar-refractivity contribution in [1.82, 2.24) is 14.9 Å². The van der Waals surface area contributed by atoms with Gasteiger partial charge in [0.05, 0.1) is 30.6 Å². The van der Waals surface area contributed by atoms with Gasteiger partial charge in [0.25, 0.3) is 0 Å². The molecule has 0 bridgehead atoms. The number of hydrogen-bond donors (Lipinski definition) is 0. The largest absolute Gasteiger partial charge is 0.377 e. The lowest BCUT2D eigenvalue weighted by atomic mass is 10.1. The molecule has 0 radical (unpaired) electrons. The van der Waals surface area contributed by atoms with E-state index in [2.05, 4.69) is 21.4 Å². The Morgan fingerprint density at radius 1 is 1.38 bits per heavy atom. The first-order valence-corrected chi connectivity index (χ1v) is 9.28. The minimum atomic E-state index is 0.135. The van der Waals surface area contributed by atoms with Gasteiger partial charge in [-0.3, -0.25) is 14.8 Å². The van der Waals surface area contributed by atoms with Crippen molar-refractivity contribution in [1.29, 1.82) is 0 Å². The van der Waals surface area contributed by atoms with Gasteiger partial charge in [0.2, 0.25) is 5.91 Å². The SMILES string of the molecule is Cc1nccnc1CC[C@@H]1COCCN1C(=O)CCc1cccs1. The number of hydrogen-bond acceptors (Lipinski definition) is 5. The monoisotopic (exact) mass is 345 g/mol. The van der Waals surface area contributed by atoms with Crippen LogP contribution in [-0.4, -0.2) is 46.6 Å². The van der Waals surface area contributed by atoms with E-state index < -0.39 is 0 Å². The number of ether oxygens (including phenoxy) is 1. The third-order valence-electron chi connectivity index (χ3n) is 4.41. The molecule has 1 amide bonds. The normalized spacial score (nSPS) is 17.9. The predicted octanol–water partition coefficient (Wildman–Crippen LogP) is 2.64. The van der Waals surface area contributed by atoms with Crippen LogP contribution in [0.1, 0.15) is 29.1 Å². The summed E-state index contributed by atoms with van der Waals surface area (Å²) < 4.78 is 5.60. The van der Waals surface area contributed by atoms with Gasteiger partial charge in [0.15, 0.2) is 0 Å². The summed E-state index contributed by atoms with van der Waals surface area (Å²) in [5, 5.41) is 2.06. The predicted molar refractivity (Wildman–Crippen MR) is 94.1 cm³/mol. The molecule has 24 heavy (non-hydrogen) atoms. The van der Waals surface area contributed by atoms with Gasteiger partial charge >= 0.3 is 0 Å². The van der Waals surface area contributed by atoms with Crippen molar-refractivity contribution < 1.29 is 9.53 Å². The van der Waals surface area contributed by atoms with Crippen molar-refractivity contribution in [2.75, 3.05) is 19.8 Å². The molecule has 0 unspecified atom stereocenters. The van der Waals surface area contributed by atoms with Crippen molar-refractivity contribution in [2.45, 2.75) is 38.6 Å². The quantitative estimate of drug-likeness (QED) is 0.808. The molecule has 3 rings (SSSR count). The summed E-state index contributed by atoms with van der Waals surface area (Å²) in [6.45, 7) is 3.91. The van der Waals surface area contributed by atoms with Crippen molar-refractivity contribution >= 4 is 17.2 Å². The van der Waals surface area contributed by atoms with Gasteiger partial charge in [-0.25, -0.2) is 0 Å². The molecule has 5 nitrogen and oxygen atoms in total. The van der Waals surface area contributed by atoms with Gasteiger partial charge in [-0.1, -0.05) is 6.07 Å². The number of carbonyl (C=O) groups is 1. The van der Waals surface area contributed by atoms with Crippen molar-refractivity contribution in [3.05, 3.63) is 46.2 Å². The number of rotatable bonds is 6. The molecular weight excluding hydrogens is 322 g/mol. The summed E-state index contributed by atoms with van der Waals surface area (Å²) in [5.41, 5.74) is 1.97. The fourth-order valence-electron chi connectivity index (χ4n) is 3.04. The van der Waals surface area contributed by atoms with Crippen LogP contribution in [0.3, 0.4) is 0 Å². The summed E-state index contributed by atoms with van der Waals surface area (Å²) in [4.78, 5) is 24.6. The van der Waals surface area contributed by atoms with Gasteiger partial charge in [-0.15, -0.1) is 11.3 Å². The number of thiophene rings is 1. The summed E-state index contributed by atoms with van der Waals surface area (Å²) in [6, 6.07) is 4.26. The van der Waals surface area contributed by atoms with Crippen LogP contribution in [0.4, 0.5) is 0 Å².